The smallest absolute Gasteiger partial charge is 0.320 e. The van der Waals surface area contributed by atoms with Crippen LogP contribution in [0.15, 0.2) is 60.7 Å². The van der Waals surface area contributed by atoms with Gasteiger partial charge in [-0.05, 0) is 74.4 Å². The number of rotatable bonds is 4. The summed E-state index contributed by atoms with van der Waals surface area (Å²) < 4.78 is 1.27. The number of hydrogen-bond donors (Lipinski definition) is 3. The van der Waals surface area contributed by atoms with Crippen LogP contribution in [0, 0.1) is 20.8 Å². The van der Waals surface area contributed by atoms with Crippen molar-refractivity contribution in [2.24, 2.45) is 0 Å². The van der Waals surface area contributed by atoms with Crippen LogP contribution in [0.5, 0.6) is 0 Å². The van der Waals surface area contributed by atoms with Crippen molar-refractivity contribution in [2.75, 3.05) is 16.1 Å². The van der Waals surface area contributed by atoms with Crippen molar-refractivity contribution in [2.45, 2.75) is 20.8 Å². The monoisotopic (exact) mass is 508 g/mol. The molecule has 0 aliphatic rings. The molecule has 35 heavy (non-hydrogen) atoms. The number of hydrogen-bond acceptors (Lipinski definition) is 3. The lowest BCUT2D eigenvalue weighted by atomic mass is 10.1. The first-order valence-corrected chi connectivity index (χ1v) is 11.5. The van der Waals surface area contributed by atoms with E-state index in [1.807, 2.05) is 39.0 Å². The number of carbonyl (C=O) groups excluding carboxylic acids is 3. The Morgan fingerprint density at radius 2 is 1.54 bits per heavy atom. The number of nitrogens with one attached hydrogen (secondary N) is 3. The maximum Gasteiger partial charge on any atom is 0.328 e. The molecule has 0 aliphatic heterocycles. The van der Waals surface area contributed by atoms with Crippen LogP contribution in [0.1, 0.15) is 27.2 Å². The first-order chi connectivity index (χ1) is 16.6. The van der Waals surface area contributed by atoms with Gasteiger partial charge in [0.1, 0.15) is 5.69 Å². The minimum Gasteiger partial charge on any atom is -0.320 e. The Morgan fingerprint density at radius 3 is 2.26 bits per heavy atom. The first-order valence-electron chi connectivity index (χ1n) is 10.7. The van der Waals surface area contributed by atoms with Gasteiger partial charge in [-0.15, -0.1) is 0 Å². The summed E-state index contributed by atoms with van der Waals surface area (Å²) in [5, 5.41) is 6.92. The van der Waals surface area contributed by atoms with Gasteiger partial charge in [0.25, 0.3) is 5.91 Å². The maximum absolute atomic E-state index is 13.2. The number of aromatic nitrogens is 1. The Labute approximate surface area is 212 Å². The standard InChI is InChI=1S/C26H22Cl2N4O3/c1-14-4-8-21(16(3)10-14)30-24(33)23-12-17-11-18(27)6-9-22(17)32(23)31-26(35)25(34)29-19-7-5-15(2)20(28)13-19/h4-13H,1-3H3,(H,29,34)(H,30,33)(H,31,35). The molecule has 178 valence electrons. The van der Waals surface area contributed by atoms with Crippen molar-refractivity contribution < 1.29 is 14.4 Å². The lowest BCUT2D eigenvalue weighted by Crippen LogP contribution is -2.36. The van der Waals surface area contributed by atoms with Gasteiger partial charge in [0.2, 0.25) is 0 Å². The zero-order valence-corrected chi connectivity index (χ0v) is 20.7. The lowest BCUT2D eigenvalue weighted by molar-refractivity contribution is -0.133. The van der Waals surface area contributed by atoms with Crippen LogP contribution in [0.4, 0.5) is 11.4 Å². The second-order valence-corrected chi connectivity index (χ2v) is 9.04. The fraction of sp³-hybridized carbons (Fsp3) is 0.115. The molecular weight excluding hydrogens is 487 g/mol. The molecule has 3 N–H and O–H groups in total. The average molecular weight is 509 g/mol. The Morgan fingerprint density at radius 1 is 0.771 bits per heavy atom. The fourth-order valence-corrected chi connectivity index (χ4v) is 3.99. The number of aryl methyl sites for hydroxylation is 3. The Kier molecular flexibility index (Phi) is 6.82. The molecular formula is C26H22Cl2N4O3. The highest BCUT2D eigenvalue weighted by atomic mass is 35.5. The van der Waals surface area contributed by atoms with Crippen molar-refractivity contribution in [3.8, 4) is 0 Å². The zero-order valence-electron chi connectivity index (χ0n) is 19.2. The topological polar surface area (TPSA) is 92.2 Å². The van der Waals surface area contributed by atoms with E-state index in [-0.39, 0.29) is 5.69 Å². The van der Waals surface area contributed by atoms with E-state index in [4.69, 9.17) is 23.2 Å². The molecule has 4 rings (SSSR count). The summed E-state index contributed by atoms with van der Waals surface area (Å²) >= 11 is 12.2. The second kappa shape index (κ2) is 9.82. The van der Waals surface area contributed by atoms with E-state index in [1.54, 1.807) is 42.5 Å². The molecule has 0 radical (unpaired) electrons. The number of halogens is 2. The van der Waals surface area contributed by atoms with E-state index >= 15 is 0 Å². The summed E-state index contributed by atoms with van der Waals surface area (Å²) in [5.74, 6) is -2.34. The van der Waals surface area contributed by atoms with Gasteiger partial charge in [0.15, 0.2) is 0 Å². The summed E-state index contributed by atoms with van der Waals surface area (Å²) in [6, 6.07) is 17.1. The van der Waals surface area contributed by atoms with Gasteiger partial charge in [-0.1, -0.05) is 47.0 Å². The van der Waals surface area contributed by atoms with Crippen molar-refractivity contribution in [1.82, 2.24) is 4.68 Å². The van der Waals surface area contributed by atoms with Crippen molar-refractivity contribution >= 4 is 63.2 Å². The third-order valence-electron chi connectivity index (χ3n) is 5.48. The van der Waals surface area contributed by atoms with E-state index in [9.17, 15) is 14.4 Å². The minimum absolute atomic E-state index is 0.127. The minimum atomic E-state index is -0.963. The summed E-state index contributed by atoms with van der Waals surface area (Å²) in [4.78, 5) is 38.5. The quantitative estimate of drug-likeness (QED) is 0.302. The summed E-state index contributed by atoms with van der Waals surface area (Å²) in [5.41, 5.74) is 6.95. The van der Waals surface area contributed by atoms with E-state index < -0.39 is 17.7 Å². The third-order valence-corrected chi connectivity index (χ3v) is 6.12. The van der Waals surface area contributed by atoms with Gasteiger partial charge < -0.3 is 10.6 Å². The van der Waals surface area contributed by atoms with E-state index in [0.29, 0.717) is 32.3 Å². The van der Waals surface area contributed by atoms with Gasteiger partial charge >= 0.3 is 11.8 Å². The molecule has 3 aromatic carbocycles. The van der Waals surface area contributed by atoms with Gasteiger partial charge in [-0.25, -0.2) is 4.68 Å². The molecule has 0 spiro atoms. The largest absolute Gasteiger partial charge is 0.328 e. The molecule has 0 atom stereocenters. The Hall–Kier alpha value is -3.81. The van der Waals surface area contributed by atoms with Crippen LogP contribution in [-0.2, 0) is 9.59 Å². The van der Waals surface area contributed by atoms with Crippen LogP contribution in [0.25, 0.3) is 10.9 Å². The summed E-state index contributed by atoms with van der Waals surface area (Å²) in [7, 11) is 0. The summed E-state index contributed by atoms with van der Waals surface area (Å²) in [6.45, 7) is 5.68. The zero-order chi connectivity index (χ0) is 25.3. The third kappa shape index (κ3) is 5.31. The number of carbonyl (C=O) groups is 3. The molecule has 0 saturated carbocycles. The number of amides is 3. The van der Waals surface area contributed by atoms with E-state index in [1.165, 1.54) is 4.68 Å². The highest BCUT2D eigenvalue weighted by molar-refractivity contribution is 6.42. The van der Waals surface area contributed by atoms with Crippen LogP contribution in [0.2, 0.25) is 10.0 Å². The molecule has 4 aromatic rings. The van der Waals surface area contributed by atoms with Crippen LogP contribution in [-0.4, -0.2) is 22.4 Å². The van der Waals surface area contributed by atoms with E-state index in [2.05, 4.69) is 16.1 Å². The van der Waals surface area contributed by atoms with Crippen LogP contribution in [0.3, 0.4) is 0 Å². The Balaban J connectivity index is 1.63. The predicted octanol–water partition coefficient (Wildman–Crippen LogP) is 5.83. The number of fused-ring (bicyclic) bond motifs is 1. The van der Waals surface area contributed by atoms with E-state index in [0.717, 1.165) is 16.7 Å². The Bertz CT molecular complexity index is 1490. The molecule has 0 unspecified atom stereocenters. The molecule has 0 fully saturated rings. The van der Waals surface area contributed by atoms with Crippen molar-refractivity contribution in [3.63, 3.8) is 0 Å². The van der Waals surface area contributed by atoms with Gasteiger partial charge in [0.05, 0.1) is 5.52 Å². The predicted molar refractivity (Wildman–Crippen MR) is 140 cm³/mol. The molecule has 1 aromatic heterocycles. The summed E-state index contributed by atoms with van der Waals surface area (Å²) in [6.07, 6.45) is 0. The van der Waals surface area contributed by atoms with Crippen molar-refractivity contribution in [1.29, 1.82) is 0 Å². The van der Waals surface area contributed by atoms with Gasteiger partial charge in [-0.2, -0.15) is 0 Å². The molecule has 1 heterocycles. The van der Waals surface area contributed by atoms with Crippen LogP contribution >= 0.6 is 23.2 Å². The average Bonchev–Trinajstić information content (AvgIpc) is 3.15. The van der Waals surface area contributed by atoms with Gasteiger partial charge in [0, 0.05) is 26.8 Å². The molecule has 0 aliphatic carbocycles. The fourth-order valence-electron chi connectivity index (χ4n) is 3.62. The highest BCUT2D eigenvalue weighted by Crippen LogP contribution is 2.25. The number of anilines is 2. The van der Waals surface area contributed by atoms with Crippen molar-refractivity contribution in [3.05, 3.63) is 93.1 Å². The molecule has 3 amide bonds. The lowest BCUT2D eigenvalue weighted by Gasteiger charge is -2.14. The second-order valence-electron chi connectivity index (χ2n) is 8.20. The highest BCUT2D eigenvalue weighted by Gasteiger charge is 2.21. The number of benzene rings is 3. The molecule has 9 heteroatoms. The molecule has 0 saturated heterocycles. The molecule has 7 nitrogen and oxygen atoms in total. The first kappa shape index (κ1) is 24.3. The number of nitrogens with zero attached hydrogens (tertiary/aromatic N) is 1. The van der Waals surface area contributed by atoms with Crippen LogP contribution < -0.4 is 16.1 Å². The normalized spacial score (nSPS) is 10.8. The SMILES string of the molecule is Cc1ccc(NC(=O)c2cc3cc(Cl)ccc3n2NC(=O)C(=O)Nc2ccc(C)c(Cl)c2)c(C)c1. The maximum atomic E-state index is 13.2. The molecule has 0 bridgehead atoms. The van der Waals surface area contributed by atoms with Gasteiger partial charge in [-0.3, -0.25) is 19.8 Å².